The highest BCUT2D eigenvalue weighted by Gasteiger charge is 2.00. The quantitative estimate of drug-likeness (QED) is 0.714. The van der Waals surface area contributed by atoms with Crippen molar-refractivity contribution in [3.63, 3.8) is 0 Å². The largest absolute Gasteiger partial charge is 0.356 e. The van der Waals surface area contributed by atoms with Gasteiger partial charge in [0.15, 0.2) is 0 Å². The molecule has 2 amide bonds. The van der Waals surface area contributed by atoms with E-state index in [9.17, 15) is 9.59 Å². The third kappa shape index (κ3) is 6.68. The van der Waals surface area contributed by atoms with Gasteiger partial charge in [0.2, 0.25) is 11.8 Å². The Hall–Kier alpha value is -1.84. The van der Waals surface area contributed by atoms with Crippen LogP contribution in [0.2, 0.25) is 0 Å². The van der Waals surface area contributed by atoms with E-state index in [0.717, 1.165) is 12.8 Å². The van der Waals surface area contributed by atoms with Gasteiger partial charge in [0.1, 0.15) is 0 Å². The maximum Gasteiger partial charge on any atom is 0.221 e. The lowest BCUT2D eigenvalue weighted by atomic mass is 10.1. The van der Waals surface area contributed by atoms with E-state index in [1.165, 1.54) is 12.5 Å². The lowest BCUT2D eigenvalue weighted by molar-refractivity contribution is -0.121. The van der Waals surface area contributed by atoms with Crippen molar-refractivity contribution in [2.75, 3.05) is 13.1 Å². The molecular weight excluding hydrogens is 228 g/mol. The van der Waals surface area contributed by atoms with Crippen LogP contribution < -0.4 is 10.6 Å². The van der Waals surface area contributed by atoms with Crippen molar-refractivity contribution in [1.82, 2.24) is 10.6 Å². The van der Waals surface area contributed by atoms with E-state index in [1.54, 1.807) is 0 Å². The molecule has 0 aliphatic rings. The van der Waals surface area contributed by atoms with Gasteiger partial charge in [0.25, 0.3) is 0 Å². The number of hydrogen-bond acceptors (Lipinski definition) is 2. The molecule has 1 rings (SSSR count). The number of aryl methyl sites for hydroxylation is 1. The van der Waals surface area contributed by atoms with E-state index >= 15 is 0 Å². The van der Waals surface area contributed by atoms with Crippen LogP contribution in [0.4, 0.5) is 0 Å². The second-order valence-electron chi connectivity index (χ2n) is 4.17. The maximum atomic E-state index is 11.4. The Balaban J connectivity index is 2.04. The summed E-state index contributed by atoms with van der Waals surface area (Å²) in [5.41, 5.74) is 1.28. The van der Waals surface area contributed by atoms with Gasteiger partial charge in [-0.2, -0.15) is 0 Å². The van der Waals surface area contributed by atoms with Gasteiger partial charge in [-0.25, -0.2) is 0 Å². The number of amides is 2. The van der Waals surface area contributed by atoms with Gasteiger partial charge in [-0.3, -0.25) is 9.59 Å². The molecule has 1 aromatic carbocycles. The summed E-state index contributed by atoms with van der Waals surface area (Å²) in [5, 5.41) is 5.43. The average Bonchev–Trinajstić information content (AvgIpc) is 2.35. The molecule has 2 N–H and O–H groups in total. The molecule has 0 fully saturated rings. The molecule has 0 bridgehead atoms. The summed E-state index contributed by atoms with van der Waals surface area (Å²) >= 11 is 0. The second-order valence-corrected chi connectivity index (χ2v) is 4.17. The first-order chi connectivity index (χ1) is 8.68. The van der Waals surface area contributed by atoms with Gasteiger partial charge in [0, 0.05) is 26.4 Å². The van der Waals surface area contributed by atoms with Crippen LogP contribution in [-0.2, 0) is 16.0 Å². The fourth-order valence-electron chi connectivity index (χ4n) is 1.61. The van der Waals surface area contributed by atoms with E-state index in [1.807, 2.05) is 18.2 Å². The van der Waals surface area contributed by atoms with E-state index in [2.05, 4.69) is 22.8 Å². The Labute approximate surface area is 108 Å². The van der Waals surface area contributed by atoms with Crippen molar-refractivity contribution in [2.45, 2.75) is 26.2 Å². The van der Waals surface area contributed by atoms with Crippen LogP contribution in [-0.4, -0.2) is 24.9 Å². The number of benzene rings is 1. The van der Waals surface area contributed by atoms with Gasteiger partial charge in [0.05, 0.1) is 0 Å². The van der Waals surface area contributed by atoms with Crippen molar-refractivity contribution in [2.24, 2.45) is 0 Å². The molecule has 0 saturated carbocycles. The average molecular weight is 248 g/mol. The minimum absolute atomic E-state index is 0.0168. The van der Waals surface area contributed by atoms with Crippen LogP contribution >= 0.6 is 0 Å². The number of carbonyl (C=O) groups excluding carboxylic acids is 2. The third-order valence-corrected chi connectivity index (χ3v) is 2.53. The summed E-state index contributed by atoms with van der Waals surface area (Å²) in [4.78, 5) is 22.0. The Morgan fingerprint density at radius 1 is 1.06 bits per heavy atom. The minimum atomic E-state index is -0.105. The summed E-state index contributed by atoms with van der Waals surface area (Å²) in [6, 6.07) is 10.2. The predicted octanol–water partition coefficient (Wildman–Crippen LogP) is 1.26. The highest BCUT2D eigenvalue weighted by atomic mass is 16.2. The van der Waals surface area contributed by atoms with E-state index in [0.29, 0.717) is 19.5 Å². The summed E-state index contributed by atoms with van der Waals surface area (Å²) in [6.07, 6.45) is 2.23. The monoisotopic (exact) mass is 248 g/mol. The molecule has 0 aliphatic heterocycles. The zero-order valence-corrected chi connectivity index (χ0v) is 10.7. The van der Waals surface area contributed by atoms with Gasteiger partial charge < -0.3 is 10.6 Å². The van der Waals surface area contributed by atoms with Crippen LogP contribution in [0.1, 0.15) is 25.3 Å². The highest BCUT2D eigenvalue weighted by Crippen LogP contribution is 2.01. The molecule has 18 heavy (non-hydrogen) atoms. The van der Waals surface area contributed by atoms with E-state index < -0.39 is 0 Å². The zero-order chi connectivity index (χ0) is 13.2. The fourth-order valence-corrected chi connectivity index (χ4v) is 1.61. The van der Waals surface area contributed by atoms with Crippen LogP contribution in [0.5, 0.6) is 0 Å². The normalized spacial score (nSPS) is 9.83. The fraction of sp³-hybridized carbons (Fsp3) is 0.429. The minimum Gasteiger partial charge on any atom is -0.356 e. The smallest absolute Gasteiger partial charge is 0.221 e. The SMILES string of the molecule is CC(=O)NCCC(=O)NCCCc1ccccc1. The van der Waals surface area contributed by atoms with Gasteiger partial charge in [-0.05, 0) is 18.4 Å². The number of rotatable bonds is 7. The predicted molar refractivity (Wildman–Crippen MR) is 71.1 cm³/mol. The Morgan fingerprint density at radius 3 is 2.44 bits per heavy atom. The molecule has 0 heterocycles. The lowest BCUT2D eigenvalue weighted by Gasteiger charge is -2.05. The molecule has 4 heteroatoms. The third-order valence-electron chi connectivity index (χ3n) is 2.53. The lowest BCUT2D eigenvalue weighted by Crippen LogP contribution is -2.30. The molecule has 0 unspecified atom stereocenters. The van der Waals surface area contributed by atoms with Crippen molar-refractivity contribution >= 4 is 11.8 Å². The Bertz CT molecular complexity index is 377. The van der Waals surface area contributed by atoms with E-state index in [-0.39, 0.29) is 11.8 Å². The molecular formula is C14H20N2O2. The molecule has 0 atom stereocenters. The number of nitrogens with one attached hydrogen (secondary N) is 2. The maximum absolute atomic E-state index is 11.4. The summed E-state index contributed by atoms with van der Waals surface area (Å²) in [6.45, 7) is 2.52. The van der Waals surface area contributed by atoms with Gasteiger partial charge in [-0.15, -0.1) is 0 Å². The van der Waals surface area contributed by atoms with Gasteiger partial charge in [-0.1, -0.05) is 30.3 Å². The van der Waals surface area contributed by atoms with Crippen molar-refractivity contribution < 1.29 is 9.59 Å². The summed E-state index contributed by atoms with van der Waals surface area (Å²) in [7, 11) is 0. The molecule has 1 aromatic rings. The first kappa shape index (κ1) is 14.2. The Kier molecular flexibility index (Phi) is 6.54. The first-order valence-electron chi connectivity index (χ1n) is 6.23. The molecule has 0 saturated heterocycles. The van der Waals surface area contributed by atoms with Crippen LogP contribution in [0, 0.1) is 0 Å². The van der Waals surface area contributed by atoms with Crippen molar-refractivity contribution in [1.29, 1.82) is 0 Å². The molecule has 4 nitrogen and oxygen atoms in total. The molecule has 0 aliphatic carbocycles. The van der Waals surface area contributed by atoms with Crippen LogP contribution in [0.3, 0.4) is 0 Å². The van der Waals surface area contributed by atoms with Gasteiger partial charge >= 0.3 is 0 Å². The van der Waals surface area contributed by atoms with Crippen LogP contribution in [0.15, 0.2) is 30.3 Å². The topological polar surface area (TPSA) is 58.2 Å². The van der Waals surface area contributed by atoms with Crippen molar-refractivity contribution in [3.8, 4) is 0 Å². The second kappa shape index (κ2) is 8.28. The summed E-state index contributed by atoms with van der Waals surface area (Å²) in [5.74, 6) is -0.122. The standard InChI is InChI=1S/C14H20N2O2/c1-12(17)15-11-9-14(18)16-10-5-8-13-6-3-2-4-7-13/h2-4,6-7H,5,8-11H2,1H3,(H,15,17)(H,16,18). The van der Waals surface area contributed by atoms with E-state index in [4.69, 9.17) is 0 Å². The summed E-state index contributed by atoms with van der Waals surface area (Å²) < 4.78 is 0. The molecule has 0 spiro atoms. The first-order valence-corrected chi connectivity index (χ1v) is 6.23. The molecule has 98 valence electrons. The zero-order valence-electron chi connectivity index (χ0n) is 10.7. The molecule has 0 aromatic heterocycles. The Morgan fingerprint density at radius 2 is 1.78 bits per heavy atom. The highest BCUT2D eigenvalue weighted by molar-refractivity contribution is 5.77. The number of carbonyl (C=O) groups is 2. The van der Waals surface area contributed by atoms with Crippen molar-refractivity contribution in [3.05, 3.63) is 35.9 Å². The molecule has 0 radical (unpaired) electrons. The number of hydrogen-bond donors (Lipinski definition) is 2. The van der Waals surface area contributed by atoms with Crippen LogP contribution in [0.25, 0.3) is 0 Å².